The molecule has 4 atom stereocenters. The Hall–Kier alpha value is -2.37. The van der Waals surface area contributed by atoms with Crippen molar-refractivity contribution < 1.29 is 19.1 Å². The molecule has 4 unspecified atom stereocenters. The molecule has 1 aliphatic heterocycles. The van der Waals surface area contributed by atoms with Crippen molar-refractivity contribution >= 4 is 23.4 Å². The maximum absolute atomic E-state index is 12.6. The molecule has 6 heteroatoms. The first kappa shape index (κ1) is 15.2. The smallest absolute Gasteiger partial charge is 0.244 e. The topological polar surface area (TPSA) is 75.7 Å². The number of carbonyl (C=O) groups is 3. The number of nitrogens with one attached hydrogen (secondary N) is 1. The van der Waals surface area contributed by atoms with Gasteiger partial charge in [0.1, 0.15) is 12.3 Å². The normalized spacial score (nSPS) is 30.6. The number of hydrogen-bond donors (Lipinski definition) is 1. The summed E-state index contributed by atoms with van der Waals surface area (Å²) in [6, 6.07) is 6.92. The van der Waals surface area contributed by atoms with Crippen LogP contribution in [-0.4, -0.2) is 36.3 Å². The van der Waals surface area contributed by atoms with Crippen LogP contribution in [0.4, 0.5) is 5.69 Å². The predicted molar refractivity (Wildman–Crippen MR) is 86.2 cm³/mol. The lowest BCUT2D eigenvalue weighted by atomic mass is 9.81. The van der Waals surface area contributed by atoms with E-state index in [-0.39, 0.29) is 36.1 Å². The molecule has 0 radical (unpaired) electrons. The molecule has 0 aromatic heterocycles. The van der Waals surface area contributed by atoms with Crippen molar-refractivity contribution in [3.8, 4) is 5.75 Å². The maximum atomic E-state index is 12.6. The van der Waals surface area contributed by atoms with Crippen LogP contribution in [-0.2, 0) is 14.4 Å². The number of methoxy groups -OCH3 is 1. The van der Waals surface area contributed by atoms with E-state index in [1.807, 2.05) is 0 Å². The third-order valence-electron chi connectivity index (χ3n) is 5.69. The molecular weight excluding hydrogens is 308 g/mol. The number of carbonyl (C=O) groups excluding carboxylic acids is 3. The average Bonchev–Trinajstić information content (AvgIpc) is 3.25. The van der Waals surface area contributed by atoms with E-state index in [1.54, 1.807) is 31.4 Å². The van der Waals surface area contributed by atoms with Gasteiger partial charge in [-0.1, -0.05) is 0 Å². The fourth-order valence-corrected chi connectivity index (χ4v) is 4.64. The number of imide groups is 1. The molecule has 1 heterocycles. The number of benzene rings is 1. The summed E-state index contributed by atoms with van der Waals surface area (Å²) in [7, 11) is 1.57. The van der Waals surface area contributed by atoms with E-state index >= 15 is 0 Å². The Morgan fingerprint density at radius 2 is 1.71 bits per heavy atom. The van der Waals surface area contributed by atoms with Gasteiger partial charge in [-0.05, 0) is 55.4 Å². The van der Waals surface area contributed by atoms with Crippen LogP contribution in [0.3, 0.4) is 0 Å². The highest BCUT2D eigenvalue weighted by atomic mass is 16.5. The number of fused-ring (bicyclic) bond motifs is 5. The van der Waals surface area contributed by atoms with Gasteiger partial charge in [-0.15, -0.1) is 0 Å². The second-order valence-electron chi connectivity index (χ2n) is 6.92. The van der Waals surface area contributed by atoms with Gasteiger partial charge in [0.05, 0.1) is 18.9 Å². The van der Waals surface area contributed by atoms with Gasteiger partial charge in [0.25, 0.3) is 0 Å². The standard InChI is InChI=1S/C18H20N2O4/c1-24-13-6-4-12(5-7-13)19-14(21)9-20-17(22)15-10-2-3-11(8-10)16(15)18(20)23/h4-7,10-11,15-16H,2-3,8-9H2,1H3,(H,19,21). The maximum Gasteiger partial charge on any atom is 0.244 e. The average molecular weight is 328 g/mol. The Bertz CT molecular complexity index is 671. The molecular formula is C18H20N2O4. The summed E-state index contributed by atoms with van der Waals surface area (Å²) in [6.07, 6.45) is 3.08. The molecule has 1 aromatic carbocycles. The first-order chi connectivity index (χ1) is 11.6. The zero-order valence-corrected chi connectivity index (χ0v) is 13.5. The van der Waals surface area contributed by atoms with Crippen molar-refractivity contribution in [2.24, 2.45) is 23.7 Å². The van der Waals surface area contributed by atoms with Crippen LogP contribution >= 0.6 is 0 Å². The van der Waals surface area contributed by atoms with Gasteiger partial charge < -0.3 is 10.1 Å². The highest BCUT2D eigenvalue weighted by Crippen LogP contribution is 2.56. The lowest BCUT2D eigenvalue weighted by Gasteiger charge is -2.19. The summed E-state index contributed by atoms with van der Waals surface area (Å²) >= 11 is 0. The van der Waals surface area contributed by atoms with Crippen molar-refractivity contribution in [1.29, 1.82) is 0 Å². The van der Waals surface area contributed by atoms with E-state index < -0.39 is 0 Å². The fraction of sp³-hybridized carbons (Fsp3) is 0.500. The first-order valence-corrected chi connectivity index (χ1v) is 8.37. The third kappa shape index (κ3) is 2.28. The van der Waals surface area contributed by atoms with Crippen LogP contribution in [0.15, 0.2) is 24.3 Å². The molecule has 3 amide bonds. The van der Waals surface area contributed by atoms with E-state index in [4.69, 9.17) is 4.74 Å². The molecule has 3 aliphatic rings. The number of hydrogen-bond acceptors (Lipinski definition) is 4. The molecule has 1 N–H and O–H groups in total. The molecule has 24 heavy (non-hydrogen) atoms. The highest BCUT2D eigenvalue weighted by molar-refractivity contribution is 6.09. The van der Waals surface area contributed by atoms with Crippen molar-refractivity contribution in [1.82, 2.24) is 4.90 Å². The fourth-order valence-electron chi connectivity index (χ4n) is 4.64. The van der Waals surface area contributed by atoms with E-state index in [2.05, 4.69) is 5.32 Å². The summed E-state index contributed by atoms with van der Waals surface area (Å²) in [5.74, 6) is 0.367. The summed E-state index contributed by atoms with van der Waals surface area (Å²) in [5.41, 5.74) is 0.611. The molecule has 2 bridgehead atoms. The largest absolute Gasteiger partial charge is 0.497 e. The molecule has 126 valence electrons. The van der Waals surface area contributed by atoms with E-state index in [9.17, 15) is 14.4 Å². The van der Waals surface area contributed by atoms with Gasteiger partial charge in [0.15, 0.2) is 0 Å². The Balaban J connectivity index is 1.42. The van der Waals surface area contributed by atoms with Crippen LogP contribution in [0.1, 0.15) is 19.3 Å². The summed E-state index contributed by atoms with van der Waals surface area (Å²) in [6.45, 7) is -0.198. The SMILES string of the molecule is COc1ccc(NC(=O)CN2C(=O)C3C4CCC(C4)C3C2=O)cc1. The van der Waals surface area contributed by atoms with Crippen LogP contribution in [0.25, 0.3) is 0 Å². The lowest BCUT2D eigenvalue weighted by Crippen LogP contribution is -2.39. The van der Waals surface area contributed by atoms with Gasteiger partial charge in [0.2, 0.25) is 17.7 Å². The highest BCUT2D eigenvalue weighted by Gasteiger charge is 2.60. The number of ether oxygens (including phenoxy) is 1. The van der Waals surface area contributed by atoms with Crippen LogP contribution in [0.2, 0.25) is 0 Å². The Labute approximate surface area is 140 Å². The second kappa shape index (κ2) is 5.61. The van der Waals surface area contributed by atoms with Crippen LogP contribution in [0.5, 0.6) is 5.75 Å². The van der Waals surface area contributed by atoms with Gasteiger partial charge in [-0.3, -0.25) is 19.3 Å². The summed E-state index contributed by atoms with van der Waals surface area (Å²) < 4.78 is 5.07. The molecule has 3 fully saturated rings. The molecule has 1 saturated heterocycles. The summed E-state index contributed by atoms with van der Waals surface area (Å²) in [4.78, 5) is 38.5. The number of amides is 3. The number of rotatable bonds is 4. The minimum absolute atomic E-state index is 0.151. The molecule has 1 aromatic rings. The van der Waals surface area contributed by atoms with Crippen LogP contribution < -0.4 is 10.1 Å². The minimum atomic E-state index is -0.353. The van der Waals surface area contributed by atoms with Gasteiger partial charge in [0, 0.05) is 5.69 Å². The zero-order valence-electron chi connectivity index (χ0n) is 13.5. The number of anilines is 1. The minimum Gasteiger partial charge on any atom is -0.497 e. The van der Waals surface area contributed by atoms with Crippen molar-refractivity contribution in [2.75, 3.05) is 19.0 Å². The van der Waals surface area contributed by atoms with E-state index in [1.165, 1.54) is 4.90 Å². The van der Waals surface area contributed by atoms with Crippen molar-refractivity contribution in [3.63, 3.8) is 0 Å². The summed E-state index contributed by atoms with van der Waals surface area (Å²) in [5, 5.41) is 2.72. The van der Waals surface area contributed by atoms with Gasteiger partial charge in [-0.2, -0.15) is 0 Å². The van der Waals surface area contributed by atoms with E-state index in [0.29, 0.717) is 23.3 Å². The number of likely N-dealkylation sites (tertiary alicyclic amines) is 1. The Kier molecular flexibility index (Phi) is 3.55. The zero-order chi connectivity index (χ0) is 16.8. The van der Waals surface area contributed by atoms with E-state index in [0.717, 1.165) is 19.3 Å². The second-order valence-corrected chi connectivity index (χ2v) is 6.92. The Morgan fingerprint density at radius 3 is 2.25 bits per heavy atom. The monoisotopic (exact) mass is 328 g/mol. The molecule has 2 saturated carbocycles. The third-order valence-corrected chi connectivity index (χ3v) is 5.69. The molecule has 2 aliphatic carbocycles. The predicted octanol–water partition coefficient (Wildman–Crippen LogP) is 1.66. The van der Waals surface area contributed by atoms with Crippen molar-refractivity contribution in [3.05, 3.63) is 24.3 Å². The van der Waals surface area contributed by atoms with Gasteiger partial charge in [-0.25, -0.2) is 0 Å². The molecule has 6 nitrogen and oxygen atoms in total. The molecule has 0 spiro atoms. The molecule has 4 rings (SSSR count). The van der Waals surface area contributed by atoms with Gasteiger partial charge >= 0.3 is 0 Å². The quantitative estimate of drug-likeness (QED) is 0.853. The first-order valence-electron chi connectivity index (χ1n) is 8.37. The Morgan fingerprint density at radius 1 is 1.12 bits per heavy atom. The van der Waals surface area contributed by atoms with Crippen LogP contribution in [0, 0.1) is 23.7 Å². The van der Waals surface area contributed by atoms with Crippen molar-refractivity contribution in [2.45, 2.75) is 19.3 Å². The lowest BCUT2D eigenvalue weighted by molar-refractivity contribution is -0.143. The number of nitrogens with zero attached hydrogens (tertiary/aromatic N) is 1.